The molecule has 6 heteroatoms. The maximum Gasteiger partial charge on any atom is 0.225 e. The molecule has 0 bridgehead atoms. The van der Waals surface area contributed by atoms with E-state index in [1.165, 1.54) is 6.92 Å². The van der Waals surface area contributed by atoms with E-state index >= 15 is 0 Å². The lowest BCUT2D eigenvalue weighted by molar-refractivity contribution is -0.133. The normalized spacial score (nSPS) is 19.0. The van der Waals surface area contributed by atoms with Gasteiger partial charge < -0.3 is 15.5 Å². The summed E-state index contributed by atoms with van der Waals surface area (Å²) in [5.41, 5.74) is 0.962. The minimum atomic E-state index is -0.263. The molecule has 0 aliphatic carbocycles. The molecule has 2 atom stereocenters. The van der Waals surface area contributed by atoms with Crippen molar-refractivity contribution >= 4 is 24.2 Å². The van der Waals surface area contributed by atoms with Gasteiger partial charge in [0.1, 0.15) is 0 Å². The SMILES string of the molecule is CC(=O)NC(CC(=O)N1CCNC(C)C1)c1ccccc1.Cl. The molecule has 2 amide bonds. The zero-order chi connectivity index (χ0) is 15.2. The number of rotatable bonds is 4. The molecule has 0 aromatic heterocycles. The van der Waals surface area contributed by atoms with Crippen LogP contribution in [0.1, 0.15) is 31.9 Å². The first-order chi connectivity index (χ1) is 10.1. The number of amides is 2. The van der Waals surface area contributed by atoms with Gasteiger partial charge in [-0.1, -0.05) is 30.3 Å². The highest BCUT2D eigenvalue weighted by atomic mass is 35.5. The number of piperazine rings is 1. The topological polar surface area (TPSA) is 61.4 Å². The van der Waals surface area contributed by atoms with Crippen LogP contribution in [0.4, 0.5) is 0 Å². The summed E-state index contributed by atoms with van der Waals surface area (Å²) in [5.74, 6) is -0.0312. The van der Waals surface area contributed by atoms with Crippen molar-refractivity contribution in [1.29, 1.82) is 0 Å². The van der Waals surface area contributed by atoms with E-state index in [9.17, 15) is 9.59 Å². The summed E-state index contributed by atoms with van der Waals surface area (Å²) in [6.07, 6.45) is 0.302. The minimum absolute atomic E-state index is 0. The summed E-state index contributed by atoms with van der Waals surface area (Å²) in [6, 6.07) is 9.69. The van der Waals surface area contributed by atoms with E-state index in [1.807, 2.05) is 35.2 Å². The van der Waals surface area contributed by atoms with Gasteiger partial charge >= 0.3 is 0 Å². The largest absolute Gasteiger partial charge is 0.349 e. The predicted octanol–water partition coefficient (Wildman–Crippen LogP) is 1.50. The lowest BCUT2D eigenvalue weighted by Gasteiger charge is -2.33. The maximum atomic E-state index is 12.5. The van der Waals surface area contributed by atoms with Crippen molar-refractivity contribution < 1.29 is 9.59 Å². The molecule has 1 heterocycles. The Hall–Kier alpha value is -1.59. The Bertz CT molecular complexity index is 495. The van der Waals surface area contributed by atoms with E-state index < -0.39 is 0 Å². The lowest BCUT2D eigenvalue weighted by Crippen LogP contribution is -2.51. The number of hydrogen-bond acceptors (Lipinski definition) is 3. The van der Waals surface area contributed by atoms with Crippen molar-refractivity contribution in [3.8, 4) is 0 Å². The van der Waals surface area contributed by atoms with Gasteiger partial charge in [0.15, 0.2) is 0 Å². The molecule has 5 nitrogen and oxygen atoms in total. The van der Waals surface area contributed by atoms with E-state index in [0.29, 0.717) is 12.5 Å². The third-order valence-electron chi connectivity index (χ3n) is 3.68. The summed E-state index contributed by atoms with van der Waals surface area (Å²) < 4.78 is 0. The van der Waals surface area contributed by atoms with Crippen molar-refractivity contribution in [3.63, 3.8) is 0 Å². The van der Waals surface area contributed by atoms with Gasteiger partial charge in [-0.25, -0.2) is 0 Å². The molecule has 0 spiro atoms. The first-order valence-corrected chi connectivity index (χ1v) is 7.39. The molecule has 1 aromatic rings. The average Bonchev–Trinajstić information content (AvgIpc) is 2.47. The molecule has 2 unspecified atom stereocenters. The second-order valence-electron chi connectivity index (χ2n) is 5.56. The quantitative estimate of drug-likeness (QED) is 0.882. The second kappa shape index (κ2) is 8.76. The molecule has 122 valence electrons. The number of nitrogens with one attached hydrogen (secondary N) is 2. The van der Waals surface area contributed by atoms with E-state index in [0.717, 1.165) is 25.2 Å². The number of hydrogen-bond donors (Lipinski definition) is 2. The standard InChI is InChI=1S/C16H23N3O2.ClH/c1-12-11-19(9-8-17-12)16(21)10-15(18-13(2)20)14-6-4-3-5-7-14;/h3-7,12,15,17H,8-11H2,1-2H3,(H,18,20);1H. The van der Waals surface area contributed by atoms with Crippen LogP contribution < -0.4 is 10.6 Å². The summed E-state index contributed by atoms with van der Waals surface area (Å²) in [6.45, 7) is 5.82. The van der Waals surface area contributed by atoms with Gasteiger partial charge in [0, 0.05) is 32.6 Å². The second-order valence-corrected chi connectivity index (χ2v) is 5.56. The molecular formula is C16H24ClN3O2. The van der Waals surface area contributed by atoms with Crippen molar-refractivity contribution in [2.75, 3.05) is 19.6 Å². The van der Waals surface area contributed by atoms with Crippen LogP contribution in [0.25, 0.3) is 0 Å². The van der Waals surface area contributed by atoms with Gasteiger partial charge in [-0.3, -0.25) is 9.59 Å². The Balaban J connectivity index is 0.00000242. The number of nitrogens with zero attached hydrogens (tertiary/aromatic N) is 1. The Morgan fingerprint density at radius 3 is 2.64 bits per heavy atom. The fraction of sp³-hybridized carbons (Fsp3) is 0.500. The van der Waals surface area contributed by atoms with Crippen LogP contribution in [0, 0.1) is 0 Å². The third kappa shape index (κ3) is 5.31. The fourth-order valence-corrected chi connectivity index (χ4v) is 2.65. The Morgan fingerprint density at radius 1 is 1.36 bits per heavy atom. The summed E-state index contributed by atoms with van der Waals surface area (Å²) in [7, 11) is 0. The average molecular weight is 326 g/mol. The van der Waals surface area contributed by atoms with Crippen molar-refractivity contribution in [1.82, 2.24) is 15.5 Å². The Labute approximate surface area is 137 Å². The highest BCUT2D eigenvalue weighted by Gasteiger charge is 2.24. The van der Waals surface area contributed by atoms with Crippen LogP contribution in [0.5, 0.6) is 0 Å². The van der Waals surface area contributed by atoms with Crippen LogP contribution in [0.3, 0.4) is 0 Å². The Morgan fingerprint density at radius 2 is 2.05 bits per heavy atom. The first-order valence-electron chi connectivity index (χ1n) is 7.39. The van der Waals surface area contributed by atoms with Crippen LogP contribution in [-0.4, -0.2) is 42.4 Å². The lowest BCUT2D eigenvalue weighted by atomic mass is 10.0. The molecule has 1 aliphatic heterocycles. The van der Waals surface area contributed by atoms with Crippen molar-refractivity contribution in [3.05, 3.63) is 35.9 Å². The van der Waals surface area contributed by atoms with Crippen LogP contribution in [-0.2, 0) is 9.59 Å². The van der Waals surface area contributed by atoms with Gasteiger partial charge in [-0.2, -0.15) is 0 Å². The van der Waals surface area contributed by atoms with Crippen LogP contribution >= 0.6 is 12.4 Å². The first kappa shape index (κ1) is 18.5. The van der Waals surface area contributed by atoms with E-state index in [2.05, 4.69) is 17.6 Å². The molecule has 22 heavy (non-hydrogen) atoms. The van der Waals surface area contributed by atoms with E-state index in [-0.39, 0.29) is 30.3 Å². The fourth-order valence-electron chi connectivity index (χ4n) is 2.65. The van der Waals surface area contributed by atoms with E-state index in [4.69, 9.17) is 0 Å². The molecule has 1 saturated heterocycles. The summed E-state index contributed by atoms with van der Waals surface area (Å²) in [4.78, 5) is 25.7. The monoisotopic (exact) mass is 325 g/mol. The zero-order valence-corrected chi connectivity index (χ0v) is 13.9. The van der Waals surface area contributed by atoms with Gasteiger partial charge in [-0.05, 0) is 12.5 Å². The smallest absolute Gasteiger partial charge is 0.225 e. The maximum absolute atomic E-state index is 12.5. The number of benzene rings is 1. The molecule has 2 rings (SSSR count). The summed E-state index contributed by atoms with van der Waals surface area (Å²) >= 11 is 0. The number of carbonyl (C=O) groups excluding carboxylic acids is 2. The van der Waals surface area contributed by atoms with Gasteiger partial charge in [0.25, 0.3) is 0 Å². The minimum Gasteiger partial charge on any atom is -0.349 e. The summed E-state index contributed by atoms with van der Waals surface area (Å²) in [5, 5.41) is 6.20. The number of carbonyl (C=O) groups is 2. The molecule has 1 aliphatic rings. The number of halogens is 1. The Kier molecular flexibility index (Phi) is 7.35. The molecule has 0 saturated carbocycles. The molecule has 0 radical (unpaired) electrons. The van der Waals surface area contributed by atoms with Gasteiger partial charge in [-0.15, -0.1) is 12.4 Å². The van der Waals surface area contributed by atoms with Crippen molar-refractivity contribution in [2.45, 2.75) is 32.4 Å². The highest BCUT2D eigenvalue weighted by Crippen LogP contribution is 2.18. The van der Waals surface area contributed by atoms with Crippen molar-refractivity contribution in [2.24, 2.45) is 0 Å². The van der Waals surface area contributed by atoms with Crippen LogP contribution in [0.15, 0.2) is 30.3 Å². The molecule has 1 fully saturated rings. The highest BCUT2D eigenvalue weighted by molar-refractivity contribution is 5.85. The van der Waals surface area contributed by atoms with Crippen LogP contribution in [0.2, 0.25) is 0 Å². The zero-order valence-electron chi connectivity index (χ0n) is 13.0. The van der Waals surface area contributed by atoms with Gasteiger partial charge in [0.05, 0.1) is 12.5 Å². The van der Waals surface area contributed by atoms with Gasteiger partial charge in [0.2, 0.25) is 11.8 Å². The molecular weight excluding hydrogens is 302 g/mol. The molecule has 2 N–H and O–H groups in total. The predicted molar refractivity (Wildman–Crippen MR) is 88.9 cm³/mol. The molecule has 1 aromatic carbocycles. The van der Waals surface area contributed by atoms with E-state index in [1.54, 1.807) is 0 Å². The third-order valence-corrected chi connectivity index (χ3v) is 3.68.